The number of carbonyl (C=O) groups excluding carboxylic acids is 1. The Labute approximate surface area is 159 Å². The van der Waals surface area contributed by atoms with Crippen LogP contribution in [0.25, 0.3) is 16.6 Å². The Morgan fingerprint density at radius 2 is 2.07 bits per heavy atom. The number of benzene rings is 1. The lowest BCUT2D eigenvalue weighted by Gasteiger charge is -2.21. The number of aromatic nitrogens is 4. The molecule has 0 aliphatic heterocycles. The van der Waals surface area contributed by atoms with Crippen molar-refractivity contribution in [1.82, 2.24) is 24.9 Å². The molecule has 1 amide bonds. The summed E-state index contributed by atoms with van der Waals surface area (Å²) in [5.74, 6) is 0.246. The van der Waals surface area contributed by atoms with E-state index in [0.717, 1.165) is 23.0 Å². The number of rotatable bonds is 6. The van der Waals surface area contributed by atoms with Crippen molar-refractivity contribution in [2.24, 2.45) is 11.7 Å². The maximum absolute atomic E-state index is 12.8. The summed E-state index contributed by atoms with van der Waals surface area (Å²) in [4.78, 5) is 18.8. The Hall–Kier alpha value is -2.80. The standard InChI is InChI=1S/C20H26N6O/c1-13(2)17(21)9-11-25(4)20(27)19-14(3)26(24-23-19)16-7-8-18-15(12-16)6-5-10-22-18/h5-8,10,12-13,17H,9,11,21H2,1-4H3. The summed E-state index contributed by atoms with van der Waals surface area (Å²) in [7, 11) is 1.77. The lowest BCUT2D eigenvalue weighted by Crippen LogP contribution is -2.35. The first-order valence-corrected chi connectivity index (χ1v) is 9.17. The first-order valence-electron chi connectivity index (χ1n) is 9.17. The van der Waals surface area contributed by atoms with E-state index in [1.807, 2.05) is 37.3 Å². The first kappa shape index (κ1) is 19.0. The van der Waals surface area contributed by atoms with E-state index in [9.17, 15) is 4.79 Å². The van der Waals surface area contributed by atoms with Crippen LogP contribution >= 0.6 is 0 Å². The van der Waals surface area contributed by atoms with Gasteiger partial charge in [-0.3, -0.25) is 9.78 Å². The number of pyridine rings is 1. The smallest absolute Gasteiger partial charge is 0.276 e. The zero-order valence-electron chi connectivity index (χ0n) is 16.3. The van der Waals surface area contributed by atoms with Crippen molar-refractivity contribution in [2.45, 2.75) is 33.2 Å². The fourth-order valence-electron chi connectivity index (χ4n) is 2.93. The van der Waals surface area contributed by atoms with Crippen LogP contribution < -0.4 is 5.73 Å². The van der Waals surface area contributed by atoms with Crippen molar-refractivity contribution in [1.29, 1.82) is 0 Å². The van der Waals surface area contributed by atoms with Crippen LogP contribution in [0.2, 0.25) is 0 Å². The zero-order valence-corrected chi connectivity index (χ0v) is 16.3. The Morgan fingerprint density at radius 3 is 2.81 bits per heavy atom. The molecule has 3 rings (SSSR count). The molecule has 7 heteroatoms. The molecule has 0 spiro atoms. The van der Waals surface area contributed by atoms with Gasteiger partial charge < -0.3 is 10.6 Å². The third-order valence-electron chi connectivity index (χ3n) is 4.93. The van der Waals surface area contributed by atoms with Gasteiger partial charge in [-0.15, -0.1) is 5.10 Å². The van der Waals surface area contributed by atoms with E-state index >= 15 is 0 Å². The molecule has 0 bridgehead atoms. The molecular weight excluding hydrogens is 340 g/mol. The summed E-state index contributed by atoms with van der Waals surface area (Å²) < 4.78 is 1.69. The average Bonchev–Trinajstić information content (AvgIpc) is 3.05. The quantitative estimate of drug-likeness (QED) is 0.724. The van der Waals surface area contributed by atoms with Crippen LogP contribution in [0.3, 0.4) is 0 Å². The van der Waals surface area contributed by atoms with Gasteiger partial charge in [0.25, 0.3) is 5.91 Å². The van der Waals surface area contributed by atoms with Crippen LogP contribution in [0, 0.1) is 12.8 Å². The summed E-state index contributed by atoms with van der Waals surface area (Å²) in [6, 6.07) is 9.82. The Kier molecular flexibility index (Phi) is 5.51. The minimum absolute atomic E-state index is 0.0724. The van der Waals surface area contributed by atoms with E-state index in [1.54, 1.807) is 22.8 Å². The van der Waals surface area contributed by atoms with Crippen LogP contribution in [0.15, 0.2) is 36.5 Å². The monoisotopic (exact) mass is 366 g/mol. The Balaban J connectivity index is 1.80. The minimum Gasteiger partial charge on any atom is -0.340 e. The molecule has 0 fully saturated rings. The van der Waals surface area contributed by atoms with E-state index in [1.165, 1.54) is 0 Å². The SMILES string of the molecule is Cc1c(C(=O)N(C)CCC(N)C(C)C)nnn1-c1ccc2ncccc2c1. The number of nitrogens with two attached hydrogens (primary N) is 1. The molecule has 3 aromatic rings. The van der Waals surface area contributed by atoms with E-state index in [-0.39, 0.29) is 11.9 Å². The molecule has 1 atom stereocenters. The molecule has 0 saturated heterocycles. The highest BCUT2D eigenvalue weighted by atomic mass is 16.2. The number of amides is 1. The van der Waals surface area contributed by atoms with Crippen molar-refractivity contribution in [3.63, 3.8) is 0 Å². The number of hydrogen-bond donors (Lipinski definition) is 1. The summed E-state index contributed by atoms with van der Waals surface area (Å²) >= 11 is 0. The molecule has 2 aromatic heterocycles. The van der Waals surface area contributed by atoms with Gasteiger partial charge in [0, 0.05) is 31.2 Å². The van der Waals surface area contributed by atoms with E-state index in [2.05, 4.69) is 29.1 Å². The second-order valence-electron chi connectivity index (χ2n) is 7.24. The zero-order chi connectivity index (χ0) is 19.6. The number of carbonyl (C=O) groups is 1. The maximum Gasteiger partial charge on any atom is 0.276 e. The van der Waals surface area contributed by atoms with Crippen molar-refractivity contribution >= 4 is 16.8 Å². The molecule has 27 heavy (non-hydrogen) atoms. The highest BCUT2D eigenvalue weighted by Gasteiger charge is 2.21. The predicted molar refractivity (Wildman–Crippen MR) is 106 cm³/mol. The minimum atomic E-state index is -0.142. The van der Waals surface area contributed by atoms with E-state index in [0.29, 0.717) is 23.9 Å². The molecule has 0 aliphatic rings. The third kappa shape index (κ3) is 3.98. The molecule has 7 nitrogen and oxygen atoms in total. The molecule has 0 radical (unpaired) electrons. The van der Waals surface area contributed by atoms with Crippen molar-refractivity contribution in [3.05, 3.63) is 47.9 Å². The van der Waals surface area contributed by atoms with Gasteiger partial charge >= 0.3 is 0 Å². The van der Waals surface area contributed by atoms with Gasteiger partial charge in [-0.2, -0.15) is 0 Å². The van der Waals surface area contributed by atoms with Crippen molar-refractivity contribution in [3.8, 4) is 5.69 Å². The summed E-state index contributed by atoms with van der Waals surface area (Å²) in [5.41, 5.74) is 8.92. The van der Waals surface area contributed by atoms with Crippen LogP contribution in [0.4, 0.5) is 0 Å². The predicted octanol–water partition coefficient (Wildman–Crippen LogP) is 2.57. The highest BCUT2D eigenvalue weighted by Crippen LogP contribution is 2.19. The van der Waals surface area contributed by atoms with Crippen molar-refractivity contribution in [2.75, 3.05) is 13.6 Å². The first-order chi connectivity index (χ1) is 12.9. The van der Waals surface area contributed by atoms with Gasteiger partial charge in [-0.1, -0.05) is 25.1 Å². The lowest BCUT2D eigenvalue weighted by molar-refractivity contribution is 0.0782. The van der Waals surface area contributed by atoms with Gasteiger partial charge in [0.15, 0.2) is 5.69 Å². The number of fused-ring (bicyclic) bond motifs is 1. The number of nitrogens with zero attached hydrogens (tertiary/aromatic N) is 5. The fourth-order valence-corrected chi connectivity index (χ4v) is 2.93. The summed E-state index contributed by atoms with van der Waals surface area (Å²) in [6.45, 7) is 6.61. The van der Waals surface area contributed by atoms with Crippen LogP contribution in [-0.2, 0) is 0 Å². The summed E-state index contributed by atoms with van der Waals surface area (Å²) in [5, 5.41) is 9.34. The largest absolute Gasteiger partial charge is 0.340 e. The third-order valence-corrected chi connectivity index (χ3v) is 4.93. The van der Waals surface area contributed by atoms with Crippen molar-refractivity contribution < 1.29 is 4.79 Å². The second kappa shape index (κ2) is 7.84. The Bertz CT molecular complexity index is 949. The van der Waals surface area contributed by atoms with Crippen LogP contribution in [0.1, 0.15) is 36.5 Å². The molecule has 142 valence electrons. The molecule has 2 N–H and O–H groups in total. The normalized spacial score (nSPS) is 12.5. The average molecular weight is 366 g/mol. The molecule has 0 aliphatic carbocycles. The second-order valence-corrected chi connectivity index (χ2v) is 7.24. The molecule has 1 aromatic carbocycles. The van der Waals surface area contributed by atoms with Gasteiger partial charge in [-0.05, 0) is 43.5 Å². The van der Waals surface area contributed by atoms with Gasteiger partial charge in [0.1, 0.15) is 0 Å². The number of hydrogen-bond acceptors (Lipinski definition) is 5. The lowest BCUT2D eigenvalue weighted by atomic mass is 10.0. The molecular formula is C20H26N6O. The van der Waals surface area contributed by atoms with Gasteiger partial charge in [0.2, 0.25) is 0 Å². The van der Waals surface area contributed by atoms with Crippen LogP contribution in [0.5, 0.6) is 0 Å². The van der Waals surface area contributed by atoms with Crippen LogP contribution in [-0.4, -0.2) is 50.4 Å². The van der Waals surface area contributed by atoms with E-state index in [4.69, 9.17) is 5.73 Å². The maximum atomic E-state index is 12.8. The fraction of sp³-hybridized carbons (Fsp3) is 0.400. The van der Waals surface area contributed by atoms with Gasteiger partial charge in [-0.25, -0.2) is 4.68 Å². The highest BCUT2D eigenvalue weighted by molar-refractivity contribution is 5.93. The summed E-state index contributed by atoms with van der Waals surface area (Å²) in [6.07, 6.45) is 2.52. The molecule has 2 heterocycles. The van der Waals surface area contributed by atoms with Gasteiger partial charge in [0.05, 0.1) is 16.9 Å². The van der Waals surface area contributed by atoms with E-state index < -0.39 is 0 Å². The molecule has 0 saturated carbocycles. The molecule has 1 unspecified atom stereocenters. The Morgan fingerprint density at radius 1 is 1.30 bits per heavy atom. The topological polar surface area (TPSA) is 89.9 Å².